The summed E-state index contributed by atoms with van der Waals surface area (Å²) in [6.07, 6.45) is 3.30. The fourth-order valence-corrected chi connectivity index (χ4v) is 4.17. The molecule has 0 bridgehead atoms. The van der Waals surface area contributed by atoms with E-state index in [1.807, 2.05) is 37.3 Å². The number of aromatic carboxylic acids is 1. The molecule has 8 heteroatoms. The van der Waals surface area contributed by atoms with Crippen LogP contribution in [0.4, 0.5) is 0 Å². The maximum Gasteiger partial charge on any atom is 0.335 e. The highest BCUT2D eigenvalue weighted by molar-refractivity contribution is 6.30. The summed E-state index contributed by atoms with van der Waals surface area (Å²) >= 11 is 6.01. The van der Waals surface area contributed by atoms with Crippen LogP contribution < -0.4 is 5.32 Å². The van der Waals surface area contributed by atoms with Crippen LogP contribution in [0.2, 0.25) is 5.02 Å². The van der Waals surface area contributed by atoms with Gasteiger partial charge in [0, 0.05) is 10.4 Å². The molecule has 0 saturated heterocycles. The van der Waals surface area contributed by atoms with Gasteiger partial charge in [-0.15, -0.1) is 0 Å². The summed E-state index contributed by atoms with van der Waals surface area (Å²) in [5.41, 5.74) is 3.81. The van der Waals surface area contributed by atoms with Crippen molar-refractivity contribution < 1.29 is 19.1 Å². The molecule has 0 fully saturated rings. The summed E-state index contributed by atoms with van der Waals surface area (Å²) in [7, 11) is 0. The van der Waals surface area contributed by atoms with Gasteiger partial charge in [-0.25, -0.2) is 4.79 Å². The lowest BCUT2D eigenvalue weighted by molar-refractivity contribution is 0.0696. The third-order valence-electron chi connectivity index (χ3n) is 5.83. The molecule has 0 aliphatic heterocycles. The Morgan fingerprint density at radius 1 is 1.12 bits per heavy atom. The van der Waals surface area contributed by atoms with E-state index >= 15 is 0 Å². The molecule has 34 heavy (non-hydrogen) atoms. The Morgan fingerprint density at radius 2 is 1.85 bits per heavy atom. The number of furan rings is 1. The standard InChI is InChI=1S/C26H20ClN3O4/c1-15(17-4-6-18(7-5-17)26(32)33)29-25(31)21-12-19-10-11-34-24(19)22-13-28-30(23(21)22)14-16-2-8-20(27)9-3-16/h2-13,15H,14H2,1H3,(H,29,31)(H,32,33)/t15-/m0/s1. The molecule has 0 saturated carbocycles. The summed E-state index contributed by atoms with van der Waals surface area (Å²) in [5, 5.41) is 18.9. The van der Waals surface area contributed by atoms with Gasteiger partial charge in [0.15, 0.2) is 0 Å². The molecule has 2 N–H and O–H groups in total. The molecular weight excluding hydrogens is 454 g/mol. The third kappa shape index (κ3) is 4.02. The van der Waals surface area contributed by atoms with E-state index in [9.17, 15) is 9.59 Å². The normalized spacial score (nSPS) is 12.2. The van der Waals surface area contributed by atoms with E-state index in [-0.39, 0.29) is 17.5 Å². The Labute approximate surface area is 199 Å². The van der Waals surface area contributed by atoms with E-state index < -0.39 is 5.97 Å². The van der Waals surface area contributed by atoms with Crippen molar-refractivity contribution in [2.24, 2.45) is 0 Å². The van der Waals surface area contributed by atoms with Gasteiger partial charge in [0.25, 0.3) is 5.91 Å². The van der Waals surface area contributed by atoms with Gasteiger partial charge in [0.1, 0.15) is 5.58 Å². The minimum atomic E-state index is -0.993. The van der Waals surface area contributed by atoms with Crippen molar-refractivity contribution >= 4 is 45.3 Å². The number of carbonyl (C=O) groups excluding carboxylic acids is 1. The number of nitrogens with zero attached hydrogens (tertiary/aromatic N) is 2. The van der Waals surface area contributed by atoms with Crippen LogP contribution in [0.1, 0.15) is 44.8 Å². The quantitative estimate of drug-likeness (QED) is 0.331. The molecule has 0 spiro atoms. The van der Waals surface area contributed by atoms with Gasteiger partial charge in [0.2, 0.25) is 0 Å². The number of aromatic nitrogens is 2. The van der Waals surface area contributed by atoms with Crippen molar-refractivity contribution in [1.82, 2.24) is 15.1 Å². The van der Waals surface area contributed by atoms with Gasteiger partial charge in [-0.1, -0.05) is 35.9 Å². The monoisotopic (exact) mass is 473 g/mol. The second kappa shape index (κ2) is 8.68. The number of hydrogen-bond donors (Lipinski definition) is 2. The van der Waals surface area contributed by atoms with E-state index in [0.717, 1.165) is 21.9 Å². The number of carbonyl (C=O) groups is 2. The van der Waals surface area contributed by atoms with Gasteiger partial charge in [-0.2, -0.15) is 5.10 Å². The lowest BCUT2D eigenvalue weighted by Crippen LogP contribution is -2.27. The number of nitrogens with one attached hydrogen (secondary N) is 1. The number of hydrogen-bond acceptors (Lipinski definition) is 4. The second-order valence-electron chi connectivity index (χ2n) is 8.08. The van der Waals surface area contributed by atoms with Gasteiger partial charge in [-0.05, 0) is 54.4 Å². The maximum absolute atomic E-state index is 13.4. The Bertz CT molecular complexity index is 1520. The Kier molecular flexibility index (Phi) is 5.55. The summed E-state index contributed by atoms with van der Waals surface area (Å²) < 4.78 is 7.46. The largest absolute Gasteiger partial charge is 0.478 e. The molecule has 7 nitrogen and oxygen atoms in total. The molecule has 3 aromatic carbocycles. The van der Waals surface area contributed by atoms with Crippen molar-refractivity contribution in [3.63, 3.8) is 0 Å². The van der Waals surface area contributed by atoms with E-state index in [4.69, 9.17) is 21.1 Å². The van der Waals surface area contributed by atoms with Crippen LogP contribution >= 0.6 is 11.6 Å². The van der Waals surface area contributed by atoms with Crippen LogP contribution in [-0.2, 0) is 6.54 Å². The minimum Gasteiger partial charge on any atom is -0.478 e. The number of amides is 1. The van der Waals surface area contributed by atoms with Crippen LogP contribution in [0.5, 0.6) is 0 Å². The first-order valence-corrected chi connectivity index (χ1v) is 11.0. The predicted molar refractivity (Wildman–Crippen MR) is 129 cm³/mol. The Balaban J connectivity index is 1.51. The van der Waals surface area contributed by atoms with Gasteiger partial charge in [-0.3, -0.25) is 9.48 Å². The average Bonchev–Trinajstić information content (AvgIpc) is 3.47. The SMILES string of the molecule is C[C@H](NC(=O)c1cc2ccoc2c2cnn(Cc3ccc(Cl)cc3)c12)c1ccc(C(=O)O)cc1. The van der Waals surface area contributed by atoms with Gasteiger partial charge >= 0.3 is 5.97 Å². The highest BCUT2D eigenvalue weighted by Crippen LogP contribution is 2.30. The van der Waals surface area contributed by atoms with Crippen molar-refractivity contribution in [2.45, 2.75) is 19.5 Å². The average molecular weight is 474 g/mol. The van der Waals surface area contributed by atoms with Crippen molar-refractivity contribution in [1.29, 1.82) is 0 Å². The minimum absolute atomic E-state index is 0.195. The molecule has 0 unspecified atom stereocenters. The molecule has 0 aliphatic rings. The highest BCUT2D eigenvalue weighted by Gasteiger charge is 2.21. The Morgan fingerprint density at radius 3 is 2.56 bits per heavy atom. The van der Waals surface area contributed by atoms with E-state index in [2.05, 4.69) is 10.4 Å². The van der Waals surface area contributed by atoms with Gasteiger partial charge < -0.3 is 14.8 Å². The molecule has 5 aromatic rings. The molecule has 5 rings (SSSR count). The highest BCUT2D eigenvalue weighted by atomic mass is 35.5. The van der Waals surface area contributed by atoms with Crippen LogP contribution in [-0.4, -0.2) is 26.8 Å². The number of rotatable bonds is 6. The molecule has 2 heterocycles. The number of carboxylic acids is 1. The Hall–Kier alpha value is -4.10. The summed E-state index contributed by atoms with van der Waals surface area (Å²) in [6.45, 7) is 2.31. The molecular formula is C26H20ClN3O4. The first-order chi connectivity index (χ1) is 16.4. The summed E-state index contributed by atoms with van der Waals surface area (Å²) in [6, 6.07) is 17.2. The smallest absolute Gasteiger partial charge is 0.335 e. The fourth-order valence-electron chi connectivity index (χ4n) is 4.04. The number of fused-ring (bicyclic) bond motifs is 3. The number of halogens is 1. The molecule has 1 amide bonds. The van der Waals surface area contributed by atoms with Crippen LogP contribution in [0.3, 0.4) is 0 Å². The topological polar surface area (TPSA) is 97.4 Å². The zero-order chi connectivity index (χ0) is 23.8. The fraction of sp³-hybridized carbons (Fsp3) is 0.115. The number of benzene rings is 3. The maximum atomic E-state index is 13.4. The zero-order valence-electron chi connectivity index (χ0n) is 18.2. The molecule has 170 valence electrons. The first-order valence-electron chi connectivity index (χ1n) is 10.6. The third-order valence-corrected chi connectivity index (χ3v) is 6.08. The second-order valence-corrected chi connectivity index (χ2v) is 8.51. The van der Waals surface area contributed by atoms with Crippen molar-refractivity contribution in [2.75, 3.05) is 0 Å². The van der Waals surface area contributed by atoms with Crippen LogP contribution in [0.15, 0.2) is 77.5 Å². The lowest BCUT2D eigenvalue weighted by atomic mass is 10.0. The van der Waals surface area contributed by atoms with E-state index in [1.165, 1.54) is 12.1 Å². The first kappa shape index (κ1) is 21.7. The van der Waals surface area contributed by atoms with Crippen molar-refractivity contribution in [3.05, 3.63) is 100 Å². The number of carboxylic acid groups (broad SMARTS) is 1. The molecule has 2 aromatic heterocycles. The molecule has 0 radical (unpaired) electrons. The van der Waals surface area contributed by atoms with E-state index in [0.29, 0.717) is 28.2 Å². The van der Waals surface area contributed by atoms with Crippen molar-refractivity contribution in [3.8, 4) is 0 Å². The summed E-state index contributed by atoms with van der Waals surface area (Å²) in [4.78, 5) is 24.6. The zero-order valence-corrected chi connectivity index (χ0v) is 18.9. The van der Waals surface area contributed by atoms with Gasteiger partial charge in [0.05, 0.1) is 47.1 Å². The molecule has 1 atom stereocenters. The van der Waals surface area contributed by atoms with Crippen LogP contribution in [0, 0.1) is 0 Å². The predicted octanol–water partition coefficient (Wildman–Crippen LogP) is 5.67. The van der Waals surface area contributed by atoms with Crippen LogP contribution in [0.25, 0.3) is 21.9 Å². The summed E-state index contributed by atoms with van der Waals surface area (Å²) in [5.74, 6) is -1.26. The molecule has 0 aliphatic carbocycles. The lowest BCUT2D eigenvalue weighted by Gasteiger charge is -2.16. The van der Waals surface area contributed by atoms with E-state index in [1.54, 1.807) is 35.3 Å².